The molecule has 0 aliphatic carbocycles. The van der Waals surface area contributed by atoms with Crippen LogP contribution in [-0.4, -0.2) is 52.7 Å². The fourth-order valence-corrected chi connectivity index (χ4v) is 3.22. The van der Waals surface area contributed by atoms with E-state index in [9.17, 15) is 19.5 Å². The maximum absolute atomic E-state index is 12.8. The third-order valence-electron chi connectivity index (χ3n) is 4.47. The lowest BCUT2D eigenvalue weighted by Crippen LogP contribution is -2.56. The van der Waals surface area contributed by atoms with Crippen molar-refractivity contribution in [2.45, 2.75) is 44.8 Å². The van der Waals surface area contributed by atoms with Crippen LogP contribution in [0.4, 0.5) is 10.5 Å². The van der Waals surface area contributed by atoms with E-state index >= 15 is 0 Å². The van der Waals surface area contributed by atoms with E-state index < -0.39 is 29.6 Å². The second-order valence-corrected chi connectivity index (χ2v) is 7.38. The normalized spacial score (nSPS) is 22.2. The van der Waals surface area contributed by atoms with Crippen molar-refractivity contribution in [1.82, 2.24) is 4.90 Å². The van der Waals surface area contributed by atoms with Crippen LogP contribution in [0.25, 0.3) is 0 Å². The molecule has 2 aliphatic rings. The van der Waals surface area contributed by atoms with Crippen LogP contribution in [-0.2, 0) is 14.3 Å². The zero-order valence-corrected chi connectivity index (χ0v) is 14.6. The summed E-state index contributed by atoms with van der Waals surface area (Å²) in [4.78, 5) is 39.4. The Kier molecular flexibility index (Phi) is 4.18. The number of hydrogen-bond donors (Lipinski definition) is 1. The molecule has 1 aromatic rings. The van der Waals surface area contributed by atoms with Crippen LogP contribution in [0.15, 0.2) is 24.3 Å². The van der Waals surface area contributed by atoms with Crippen LogP contribution >= 0.6 is 0 Å². The van der Waals surface area contributed by atoms with Gasteiger partial charge in [-0.1, -0.05) is 18.2 Å². The highest BCUT2D eigenvalue weighted by Crippen LogP contribution is 2.39. The molecule has 0 aromatic heterocycles. The number of amides is 2. The van der Waals surface area contributed by atoms with Gasteiger partial charge in [-0.25, -0.2) is 9.59 Å². The van der Waals surface area contributed by atoms with Crippen molar-refractivity contribution in [3.63, 3.8) is 0 Å². The molecule has 1 unspecified atom stereocenters. The smallest absolute Gasteiger partial charge is 0.414 e. The lowest BCUT2D eigenvalue weighted by Gasteiger charge is -2.39. The molecule has 7 nitrogen and oxygen atoms in total. The summed E-state index contributed by atoms with van der Waals surface area (Å²) in [5.41, 5.74) is 0.733. The minimum atomic E-state index is -0.991. The molecule has 1 N–H and O–H groups in total. The molecule has 0 bridgehead atoms. The molecule has 2 aliphatic heterocycles. The maximum Gasteiger partial charge on any atom is 0.414 e. The number of benzene rings is 1. The number of anilines is 1. The second kappa shape index (κ2) is 6.06. The molecule has 0 saturated carbocycles. The van der Waals surface area contributed by atoms with E-state index in [0.29, 0.717) is 18.7 Å². The number of hydrogen-bond acceptors (Lipinski definition) is 4. The zero-order valence-electron chi connectivity index (χ0n) is 14.6. The van der Waals surface area contributed by atoms with Gasteiger partial charge in [0, 0.05) is 13.1 Å². The zero-order chi connectivity index (χ0) is 18.4. The van der Waals surface area contributed by atoms with Crippen LogP contribution in [0.1, 0.15) is 38.7 Å². The molecule has 7 heteroatoms. The standard InChI is InChI=1S/C18H22N2O5/c1-18(2,3)25-17(24)20-10-12(11-6-4-5-7-13(11)20)15(21)19-9-8-14(19)16(22)23/h4-7,12,14H,8-10H2,1-3H3,(H,22,23)/t12?,14-/m0/s1. The molecule has 2 amide bonds. The predicted octanol–water partition coefficient (Wildman–Crippen LogP) is 2.21. The van der Waals surface area contributed by atoms with E-state index in [-0.39, 0.29) is 12.5 Å². The highest BCUT2D eigenvalue weighted by atomic mass is 16.6. The van der Waals surface area contributed by atoms with Gasteiger partial charge >= 0.3 is 12.1 Å². The van der Waals surface area contributed by atoms with Crippen LogP contribution in [0.2, 0.25) is 0 Å². The van der Waals surface area contributed by atoms with E-state index in [1.165, 1.54) is 9.80 Å². The van der Waals surface area contributed by atoms with Crippen LogP contribution < -0.4 is 4.90 Å². The Bertz CT molecular complexity index is 724. The van der Waals surface area contributed by atoms with E-state index in [1.54, 1.807) is 39.0 Å². The van der Waals surface area contributed by atoms with E-state index in [0.717, 1.165) is 5.56 Å². The van der Waals surface area contributed by atoms with Crippen LogP contribution in [0.5, 0.6) is 0 Å². The van der Waals surface area contributed by atoms with Crippen molar-refractivity contribution in [3.05, 3.63) is 29.8 Å². The summed E-state index contributed by atoms with van der Waals surface area (Å²) in [5.74, 6) is -1.81. The number of carboxylic acid groups (broad SMARTS) is 1. The molecule has 2 atom stereocenters. The molecular weight excluding hydrogens is 324 g/mol. The predicted molar refractivity (Wildman–Crippen MR) is 90.5 cm³/mol. The van der Waals surface area contributed by atoms with Crippen molar-refractivity contribution in [1.29, 1.82) is 0 Å². The number of rotatable bonds is 2. The first kappa shape index (κ1) is 17.3. The quantitative estimate of drug-likeness (QED) is 0.887. The minimum Gasteiger partial charge on any atom is -0.480 e. The van der Waals surface area contributed by atoms with Gasteiger partial charge in [-0.15, -0.1) is 0 Å². The second-order valence-electron chi connectivity index (χ2n) is 7.38. The van der Waals surface area contributed by atoms with Gasteiger partial charge in [0.25, 0.3) is 0 Å². The summed E-state index contributed by atoms with van der Waals surface area (Å²) < 4.78 is 5.43. The summed E-state index contributed by atoms with van der Waals surface area (Å²) in [7, 11) is 0. The topological polar surface area (TPSA) is 87.2 Å². The lowest BCUT2D eigenvalue weighted by atomic mass is 9.95. The summed E-state index contributed by atoms with van der Waals surface area (Å²) in [6.45, 7) is 5.95. The van der Waals surface area contributed by atoms with Gasteiger partial charge in [0.1, 0.15) is 11.6 Å². The monoisotopic (exact) mass is 346 g/mol. The third-order valence-corrected chi connectivity index (χ3v) is 4.47. The van der Waals surface area contributed by atoms with Gasteiger partial charge < -0.3 is 14.7 Å². The van der Waals surface area contributed by atoms with Crippen molar-refractivity contribution < 1.29 is 24.2 Å². The Balaban J connectivity index is 1.84. The Hall–Kier alpha value is -2.57. The van der Waals surface area contributed by atoms with E-state index in [4.69, 9.17) is 4.74 Å². The molecule has 0 radical (unpaired) electrons. The van der Waals surface area contributed by atoms with Gasteiger partial charge in [0.15, 0.2) is 0 Å². The van der Waals surface area contributed by atoms with Crippen molar-refractivity contribution >= 4 is 23.7 Å². The third kappa shape index (κ3) is 3.18. The number of likely N-dealkylation sites (tertiary alicyclic amines) is 1. The SMILES string of the molecule is CC(C)(C)OC(=O)N1CC(C(=O)N2CC[C@H]2C(=O)O)c2ccccc21. The number of ether oxygens (including phenoxy) is 1. The van der Waals surface area contributed by atoms with Crippen LogP contribution in [0.3, 0.4) is 0 Å². The summed E-state index contributed by atoms with van der Waals surface area (Å²) in [6.07, 6.45) is -0.0424. The maximum atomic E-state index is 12.8. The Morgan fingerprint density at radius 2 is 1.88 bits per heavy atom. The number of para-hydroxylation sites is 1. The average molecular weight is 346 g/mol. The largest absolute Gasteiger partial charge is 0.480 e. The fourth-order valence-electron chi connectivity index (χ4n) is 3.22. The van der Waals surface area contributed by atoms with Crippen LogP contribution in [0, 0.1) is 0 Å². The number of nitrogens with zero attached hydrogens (tertiary/aromatic N) is 2. The molecule has 1 aromatic carbocycles. The first-order valence-electron chi connectivity index (χ1n) is 8.32. The number of aliphatic carboxylic acids is 1. The lowest BCUT2D eigenvalue weighted by molar-refractivity contribution is -0.157. The van der Waals surface area contributed by atoms with Crippen molar-refractivity contribution in [2.75, 3.05) is 18.0 Å². The first-order chi connectivity index (χ1) is 11.7. The molecule has 134 valence electrons. The van der Waals surface area contributed by atoms with Gasteiger partial charge in [0.2, 0.25) is 5.91 Å². The number of carbonyl (C=O) groups is 3. The number of fused-ring (bicyclic) bond motifs is 1. The molecule has 1 saturated heterocycles. The summed E-state index contributed by atoms with van der Waals surface area (Å²) in [6, 6.07) is 6.42. The Labute approximate surface area is 146 Å². The minimum absolute atomic E-state index is 0.163. The molecule has 0 spiro atoms. The highest BCUT2D eigenvalue weighted by Gasteiger charge is 2.45. The molecule has 25 heavy (non-hydrogen) atoms. The van der Waals surface area contributed by atoms with Gasteiger partial charge in [-0.05, 0) is 38.8 Å². The van der Waals surface area contributed by atoms with Gasteiger partial charge in [-0.2, -0.15) is 0 Å². The van der Waals surface area contributed by atoms with Gasteiger partial charge in [-0.3, -0.25) is 9.69 Å². The highest BCUT2D eigenvalue weighted by molar-refractivity contribution is 5.98. The van der Waals surface area contributed by atoms with Gasteiger partial charge in [0.05, 0.1) is 11.6 Å². The summed E-state index contributed by atoms with van der Waals surface area (Å²) >= 11 is 0. The van der Waals surface area contributed by atoms with Crippen molar-refractivity contribution in [2.24, 2.45) is 0 Å². The molecule has 3 rings (SSSR count). The van der Waals surface area contributed by atoms with E-state index in [1.807, 2.05) is 6.07 Å². The molecule has 1 fully saturated rings. The Morgan fingerprint density at radius 1 is 1.20 bits per heavy atom. The fraction of sp³-hybridized carbons (Fsp3) is 0.500. The average Bonchev–Trinajstić information content (AvgIpc) is 2.83. The number of carbonyl (C=O) groups excluding carboxylic acids is 2. The van der Waals surface area contributed by atoms with E-state index in [2.05, 4.69) is 0 Å². The molecule has 2 heterocycles. The summed E-state index contributed by atoms with van der Waals surface area (Å²) in [5, 5.41) is 9.18. The molecular formula is C18H22N2O5. The Morgan fingerprint density at radius 3 is 2.44 bits per heavy atom. The first-order valence-corrected chi connectivity index (χ1v) is 8.32. The number of carboxylic acids is 1. The van der Waals surface area contributed by atoms with Crippen molar-refractivity contribution in [3.8, 4) is 0 Å².